The molecule has 0 fully saturated rings. The molecule has 4 aromatic carbocycles. The van der Waals surface area contributed by atoms with Gasteiger partial charge in [0.25, 0.3) is 11.2 Å². The zero-order valence-corrected chi connectivity index (χ0v) is 24.3. The summed E-state index contributed by atoms with van der Waals surface area (Å²) in [5, 5.41) is 3.66. The first-order valence-corrected chi connectivity index (χ1v) is 13.9. The van der Waals surface area contributed by atoms with E-state index >= 15 is 0 Å². The molecule has 1 N–H and O–H groups in total. The zero-order valence-electron chi connectivity index (χ0n) is 24.3. The van der Waals surface area contributed by atoms with Crippen LogP contribution in [0.25, 0.3) is 33.0 Å². The number of esters is 2. The van der Waals surface area contributed by atoms with Gasteiger partial charge in [-0.05, 0) is 47.0 Å². The van der Waals surface area contributed by atoms with Crippen molar-refractivity contribution in [3.8, 4) is 11.1 Å². The lowest BCUT2D eigenvalue weighted by Crippen LogP contribution is -2.21. The highest BCUT2D eigenvalue weighted by molar-refractivity contribution is 6.29. The van der Waals surface area contributed by atoms with E-state index in [9.17, 15) is 19.2 Å². The van der Waals surface area contributed by atoms with Gasteiger partial charge in [0.15, 0.2) is 5.78 Å². The number of hydrogen-bond donors (Lipinski definition) is 1. The quantitative estimate of drug-likeness (QED) is 0.159. The molecule has 0 bridgehead atoms. The van der Waals surface area contributed by atoms with E-state index in [1.807, 2.05) is 24.3 Å². The van der Waals surface area contributed by atoms with Gasteiger partial charge < -0.3 is 19.4 Å². The number of carbonyl (C=O) groups excluding carboxylic acids is 3. The van der Waals surface area contributed by atoms with Crippen LogP contribution in [0.3, 0.4) is 0 Å². The van der Waals surface area contributed by atoms with E-state index in [0.717, 1.165) is 11.1 Å². The first-order valence-electron chi connectivity index (χ1n) is 13.9. The summed E-state index contributed by atoms with van der Waals surface area (Å²) in [6.45, 7) is 11.5. The zero-order chi connectivity index (χ0) is 31.8. The molecule has 0 saturated heterocycles. The summed E-state index contributed by atoms with van der Waals surface area (Å²) < 4.78 is 11.8. The largest absolute Gasteiger partial charge is 0.465 e. The number of aryl methyl sites for hydroxylation is 1. The normalized spacial score (nSPS) is 11.4. The van der Waals surface area contributed by atoms with Crippen LogP contribution in [-0.2, 0) is 23.1 Å². The highest BCUT2D eigenvalue weighted by atomic mass is 16.5. The van der Waals surface area contributed by atoms with E-state index in [1.54, 1.807) is 49.5 Å². The van der Waals surface area contributed by atoms with Crippen molar-refractivity contribution in [1.82, 2.24) is 4.57 Å². The number of pyridine rings is 1. The number of anilines is 2. The van der Waals surface area contributed by atoms with Crippen LogP contribution in [0.5, 0.6) is 0 Å². The summed E-state index contributed by atoms with van der Waals surface area (Å²) in [4.78, 5) is 56.5. The Balaban J connectivity index is 1.45. The van der Waals surface area contributed by atoms with Crippen LogP contribution in [0.4, 0.5) is 17.1 Å². The van der Waals surface area contributed by atoms with Crippen LogP contribution in [-0.4, -0.2) is 29.4 Å². The van der Waals surface area contributed by atoms with Crippen LogP contribution in [0, 0.1) is 6.57 Å². The fourth-order valence-corrected chi connectivity index (χ4v) is 5.55. The molecule has 0 spiro atoms. The Labute approximate surface area is 257 Å². The number of hydrogen-bond acceptors (Lipinski definition) is 7. The predicted octanol–water partition coefficient (Wildman–Crippen LogP) is 6.83. The third kappa shape index (κ3) is 4.94. The van der Waals surface area contributed by atoms with Gasteiger partial charge in [-0.3, -0.25) is 9.59 Å². The molecule has 0 aliphatic heterocycles. The van der Waals surface area contributed by atoms with Crippen molar-refractivity contribution in [2.45, 2.75) is 6.61 Å². The van der Waals surface area contributed by atoms with Crippen LogP contribution in [0.1, 0.15) is 47.8 Å². The highest BCUT2D eigenvalue weighted by Gasteiger charge is 2.32. The second kappa shape index (κ2) is 11.4. The Morgan fingerprint density at radius 1 is 0.933 bits per heavy atom. The maximum atomic E-state index is 14.0. The first-order chi connectivity index (χ1) is 21.7. The van der Waals surface area contributed by atoms with E-state index < -0.39 is 17.5 Å². The maximum absolute atomic E-state index is 14.0. The first kappa shape index (κ1) is 28.8. The Morgan fingerprint density at radius 3 is 2.29 bits per heavy atom. The fourth-order valence-electron chi connectivity index (χ4n) is 5.55. The van der Waals surface area contributed by atoms with Crippen LogP contribution < -0.4 is 10.9 Å². The molecular formula is C36H25N3O6. The minimum absolute atomic E-state index is 0.00901. The number of ketones is 1. The molecule has 0 radical (unpaired) electrons. The number of rotatable bonds is 7. The van der Waals surface area contributed by atoms with Crippen LogP contribution in [0.2, 0.25) is 0 Å². The molecule has 1 aliphatic carbocycles. The second-order valence-corrected chi connectivity index (χ2v) is 10.4. The Morgan fingerprint density at radius 2 is 1.62 bits per heavy atom. The molecule has 5 aromatic rings. The van der Waals surface area contributed by atoms with E-state index in [-0.39, 0.29) is 34.8 Å². The van der Waals surface area contributed by atoms with Gasteiger partial charge in [-0.1, -0.05) is 61.2 Å². The molecule has 6 rings (SSSR count). The number of nitrogens with zero attached hydrogens (tertiary/aromatic N) is 2. The van der Waals surface area contributed by atoms with E-state index in [0.29, 0.717) is 39.0 Å². The van der Waals surface area contributed by atoms with Crippen molar-refractivity contribution in [2.75, 3.05) is 12.4 Å². The molecular weight excluding hydrogens is 570 g/mol. The minimum Gasteiger partial charge on any atom is -0.465 e. The number of nitrogens with one attached hydrogen (secondary N) is 1. The fraction of sp³-hybridized carbons (Fsp3) is 0.0833. The molecule has 1 aromatic heterocycles. The summed E-state index contributed by atoms with van der Waals surface area (Å²) in [7, 11) is 2.79. The number of methoxy groups -OCH3 is 1. The molecule has 0 amide bonds. The van der Waals surface area contributed by atoms with Crippen molar-refractivity contribution < 1.29 is 23.9 Å². The van der Waals surface area contributed by atoms with E-state index in [1.165, 1.54) is 29.9 Å². The predicted molar refractivity (Wildman–Crippen MR) is 171 cm³/mol. The molecule has 0 atom stereocenters. The van der Waals surface area contributed by atoms with Crippen LogP contribution in [0.15, 0.2) is 90.2 Å². The molecule has 45 heavy (non-hydrogen) atoms. The summed E-state index contributed by atoms with van der Waals surface area (Å²) in [5.74, 6) is -1.64. The third-order valence-electron chi connectivity index (χ3n) is 7.77. The van der Waals surface area contributed by atoms with Crippen molar-refractivity contribution in [3.05, 3.63) is 141 Å². The van der Waals surface area contributed by atoms with Crippen molar-refractivity contribution >= 4 is 51.8 Å². The molecule has 1 aliphatic rings. The van der Waals surface area contributed by atoms with Crippen molar-refractivity contribution in [3.63, 3.8) is 0 Å². The number of ether oxygens (including phenoxy) is 2. The summed E-state index contributed by atoms with van der Waals surface area (Å²) in [6, 6.07) is 22.0. The molecule has 1 heterocycles. The van der Waals surface area contributed by atoms with Gasteiger partial charge in [0, 0.05) is 34.8 Å². The Kier molecular flexibility index (Phi) is 7.32. The van der Waals surface area contributed by atoms with Gasteiger partial charge in [-0.15, -0.1) is 0 Å². The molecule has 0 unspecified atom stereocenters. The lowest BCUT2D eigenvalue weighted by molar-refractivity contribution is 0.0472. The molecule has 9 heteroatoms. The monoisotopic (exact) mass is 595 g/mol. The van der Waals surface area contributed by atoms with Gasteiger partial charge in [-0.2, -0.15) is 0 Å². The summed E-state index contributed by atoms with van der Waals surface area (Å²) in [6.07, 6.45) is 1.71. The molecule has 9 nitrogen and oxygen atoms in total. The number of fused-ring (bicyclic) bond motifs is 2. The number of benzene rings is 4. The highest BCUT2D eigenvalue weighted by Crippen LogP contribution is 2.45. The lowest BCUT2D eigenvalue weighted by Gasteiger charge is -2.25. The second-order valence-electron chi connectivity index (χ2n) is 10.4. The topological polar surface area (TPSA) is 108 Å². The summed E-state index contributed by atoms with van der Waals surface area (Å²) in [5.41, 5.74) is 4.03. The molecule has 0 saturated carbocycles. The lowest BCUT2D eigenvalue weighted by atomic mass is 9.82. The average molecular weight is 596 g/mol. The van der Waals surface area contributed by atoms with Gasteiger partial charge in [-0.25, -0.2) is 14.4 Å². The van der Waals surface area contributed by atoms with Gasteiger partial charge in [0.2, 0.25) is 0 Å². The van der Waals surface area contributed by atoms with E-state index in [4.69, 9.17) is 16.0 Å². The smallest absolute Gasteiger partial charge is 0.338 e. The number of aromatic nitrogens is 1. The standard InChI is InChI=1S/C36H25N3O6/c1-5-20-10-12-21(13-11-20)19-45-36(43)23-16-22(35(42)44-4)17-24(18-23)38-27-14-15-28-31-29(32(37-2)34(41)39(28)3)25-8-6-7-9-26(25)33(40)30(27)31/h5-18,38H,1,19H2,3-4H3. The third-order valence-corrected chi connectivity index (χ3v) is 7.77. The Hall–Kier alpha value is -6.27. The van der Waals surface area contributed by atoms with Gasteiger partial charge in [0.1, 0.15) is 6.61 Å². The number of carbonyl (C=O) groups is 3. The van der Waals surface area contributed by atoms with Crippen molar-refractivity contribution in [2.24, 2.45) is 7.05 Å². The summed E-state index contributed by atoms with van der Waals surface area (Å²) >= 11 is 0. The minimum atomic E-state index is -0.670. The van der Waals surface area contributed by atoms with Crippen LogP contribution >= 0.6 is 0 Å². The SMILES string of the molecule is [C-]#[N+]c1c2c3c(c(Nc4cc(C(=O)OC)cc(C(=O)OCc5ccc(C=C)cc5)c4)ccc3n(C)c1=O)C(=O)c1ccccc1-2. The average Bonchev–Trinajstić information content (AvgIpc) is 3.07. The van der Waals surface area contributed by atoms with Crippen molar-refractivity contribution in [1.29, 1.82) is 0 Å². The van der Waals surface area contributed by atoms with Gasteiger partial charge in [0.05, 0.1) is 36.1 Å². The maximum Gasteiger partial charge on any atom is 0.338 e. The van der Waals surface area contributed by atoms with E-state index in [2.05, 4.69) is 16.7 Å². The van der Waals surface area contributed by atoms with Gasteiger partial charge >= 0.3 is 11.9 Å². The molecule has 220 valence electrons. The Bertz CT molecular complexity index is 2190.